The fraction of sp³-hybridized carbons (Fsp3) is 0.364. The van der Waals surface area contributed by atoms with Crippen LogP contribution in [0.2, 0.25) is 0 Å². The van der Waals surface area contributed by atoms with Gasteiger partial charge in [0.05, 0.1) is 7.11 Å². The van der Waals surface area contributed by atoms with Crippen LogP contribution in [0, 0.1) is 0 Å². The van der Waals surface area contributed by atoms with E-state index in [-0.39, 0.29) is 0 Å². The van der Waals surface area contributed by atoms with E-state index in [4.69, 9.17) is 19.9 Å². The van der Waals surface area contributed by atoms with Gasteiger partial charge in [0.1, 0.15) is 0 Å². The van der Waals surface area contributed by atoms with Gasteiger partial charge in [-0.2, -0.15) is 0 Å². The molecule has 0 aliphatic carbocycles. The number of methoxy groups -OCH3 is 2. The van der Waals surface area contributed by atoms with Gasteiger partial charge in [-0.3, -0.25) is 4.79 Å². The first-order valence-corrected chi connectivity index (χ1v) is 5.60. The van der Waals surface area contributed by atoms with Crippen LogP contribution < -0.4 is 15.2 Å². The van der Waals surface area contributed by atoms with Gasteiger partial charge in [-0.1, -0.05) is 15.9 Å². The van der Waals surface area contributed by atoms with Gasteiger partial charge < -0.3 is 19.9 Å². The quantitative estimate of drug-likeness (QED) is 0.840. The zero-order valence-corrected chi connectivity index (χ0v) is 11.4. The lowest BCUT2D eigenvalue weighted by Crippen LogP contribution is -2.47. The average molecular weight is 304 g/mol. The number of halogens is 1. The van der Waals surface area contributed by atoms with Crippen molar-refractivity contribution in [2.45, 2.75) is 12.7 Å². The Morgan fingerprint density at radius 3 is 2.47 bits per heavy atom. The highest BCUT2D eigenvalue weighted by Crippen LogP contribution is 2.32. The Hall–Kier alpha value is -1.27. The first-order chi connectivity index (χ1) is 7.92. The summed E-state index contributed by atoms with van der Waals surface area (Å²) in [6, 6.07) is 5.13. The van der Waals surface area contributed by atoms with Gasteiger partial charge >= 0.3 is 0 Å². The fourth-order valence-electron chi connectivity index (χ4n) is 1.13. The zero-order valence-electron chi connectivity index (χ0n) is 9.82. The fourth-order valence-corrected chi connectivity index (χ4v) is 1.47. The molecule has 0 heterocycles. The minimum atomic E-state index is -1.53. The first kappa shape index (κ1) is 13.8. The van der Waals surface area contributed by atoms with Crippen LogP contribution in [0.1, 0.15) is 6.92 Å². The highest BCUT2D eigenvalue weighted by molar-refractivity contribution is 9.10. The van der Waals surface area contributed by atoms with Crippen molar-refractivity contribution < 1.29 is 19.0 Å². The number of ether oxygens (including phenoxy) is 3. The number of benzene rings is 1. The second-order valence-electron chi connectivity index (χ2n) is 3.41. The molecule has 0 radical (unpaired) electrons. The van der Waals surface area contributed by atoms with Crippen molar-refractivity contribution in [2.24, 2.45) is 5.73 Å². The lowest BCUT2D eigenvalue weighted by Gasteiger charge is -2.26. The Morgan fingerprint density at radius 2 is 2.00 bits per heavy atom. The Kier molecular flexibility index (Phi) is 4.36. The molecule has 1 unspecified atom stereocenters. The lowest BCUT2D eigenvalue weighted by molar-refractivity contribution is -0.175. The standard InChI is InChI=1S/C11H14BrNO4/c1-11(16-3,10(13)14)17-8-5-4-7(12)6-9(8)15-2/h4-6H,1-3H3,(H2,13,14). The molecule has 0 aliphatic rings. The summed E-state index contributed by atoms with van der Waals surface area (Å²) in [4.78, 5) is 11.2. The minimum absolute atomic E-state index is 0.374. The highest BCUT2D eigenvalue weighted by atomic mass is 79.9. The van der Waals surface area contributed by atoms with Crippen LogP contribution in [-0.2, 0) is 9.53 Å². The molecule has 6 heteroatoms. The maximum Gasteiger partial charge on any atom is 0.290 e. The maximum atomic E-state index is 11.2. The lowest BCUT2D eigenvalue weighted by atomic mass is 10.2. The van der Waals surface area contributed by atoms with E-state index >= 15 is 0 Å². The Balaban J connectivity index is 3.05. The Bertz CT molecular complexity index is 424. The summed E-state index contributed by atoms with van der Waals surface area (Å²) in [7, 11) is 2.85. The molecule has 94 valence electrons. The summed E-state index contributed by atoms with van der Waals surface area (Å²) in [6.45, 7) is 1.44. The molecule has 1 rings (SSSR count). The smallest absolute Gasteiger partial charge is 0.290 e. The molecule has 1 aromatic carbocycles. The number of carbonyl (C=O) groups excluding carboxylic acids is 1. The zero-order chi connectivity index (χ0) is 13.1. The summed E-state index contributed by atoms with van der Waals surface area (Å²) in [5.74, 6) is -1.39. The number of carbonyl (C=O) groups is 1. The SMILES string of the molecule is COc1cc(Br)ccc1OC(C)(OC)C(N)=O. The van der Waals surface area contributed by atoms with Crippen LogP contribution in [0.15, 0.2) is 22.7 Å². The molecule has 1 amide bonds. The summed E-state index contributed by atoms with van der Waals surface area (Å²) in [6.07, 6.45) is 0. The van der Waals surface area contributed by atoms with Gasteiger partial charge in [0.25, 0.3) is 11.7 Å². The molecule has 0 aromatic heterocycles. The number of rotatable bonds is 5. The number of amides is 1. The van der Waals surface area contributed by atoms with Crippen molar-refractivity contribution in [1.82, 2.24) is 0 Å². The summed E-state index contributed by atoms with van der Waals surface area (Å²) in [5.41, 5.74) is 5.21. The summed E-state index contributed by atoms with van der Waals surface area (Å²) >= 11 is 3.30. The van der Waals surface area contributed by atoms with Gasteiger partial charge in [-0.25, -0.2) is 0 Å². The van der Waals surface area contributed by atoms with Gasteiger partial charge in [0.2, 0.25) is 0 Å². The highest BCUT2D eigenvalue weighted by Gasteiger charge is 2.34. The van der Waals surface area contributed by atoms with E-state index in [1.807, 2.05) is 0 Å². The van der Waals surface area contributed by atoms with Crippen molar-refractivity contribution in [2.75, 3.05) is 14.2 Å². The minimum Gasteiger partial charge on any atom is -0.493 e. The van der Waals surface area contributed by atoms with Crippen LogP contribution in [0.3, 0.4) is 0 Å². The Morgan fingerprint density at radius 1 is 1.35 bits per heavy atom. The third kappa shape index (κ3) is 3.10. The Labute approximate surface area is 108 Å². The molecule has 1 aromatic rings. The van der Waals surface area contributed by atoms with E-state index in [0.29, 0.717) is 11.5 Å². The molecule has 1 atom stereocenters. The molecular weight excluding hydrogens is 290 g/mol. The van der Waals surface area contributed by atoms with E-state index in [1.54, 1.807) is 18.2 Å². The molecule has 5 nitrogen and oxygen atoms in total. The predicted molar refractivity (Wildman–Crippen MR) is 65.9 cm³/mol. The van der Waals surface area contributed by atoms with Crippen molar-refractivity contribution >= 4 is 21.8 Å². The molecule has 0 spiro atoms. The second kappa shape index (κ2) is 5.37. The first-order valence-electron chi connectivity index (χ1n) is 4.80. The topological polar surface area (TPSA) is 70.8 Å². The van der Waals surface area contributed by atoms with Crippen LogP contribution in [0.5, 0.6) is 11.5 Å². The molecular formula is C11H14BrNO4. The predicted octanol–water partition coefficient (Wildman–Crippen LogP) is 1.68. The van der Waals surface area contributed by atoms with Crippen molar-refractivity contribution in [3.63, 3.8) is 0 Å². The van der Waals surface area contributed by atoms with E-state index < -0.39 is 11.7 Å². The molecule has 0 aliphatic heterocycles. The second-order valence-corrected chi connectivity index (χ2v) is 4.33. The van der Waals surface area contributed by atoms with Gasteiger partial charge in [0.15, 0.2) is 11.5 Å². The van der Waals surface area contributed by atoms with Crippen molar-refractivity contribution in [3.8, 4) is 11.5 Å². The normalized spacial score (nSPS) is 13.9. The number of hydrogen-bond donors (Lipinski definition) is 1. The van der Waals surface area contributed by atoms with Crippen molar-refractivity contribution in [3.05, 3.63) is 22.7 Å². The van der Waals surface area contributed by atoms with Crippen LogP contribution in [0.25, 0.3) is 0 Å². The van der Waals surface area contributed by atoms with Crippen LogP contribution in [-0.4, -0.2) is 25.9 Å². The van der Waals surface area contributed by atoms with Gasteiger partial charge in [0, 0.05) is 18.5 Å². The molecule has 0 saturated heterocycles. The number of nitrogens with two attached hydrogens (primary N) is 1. The monoisotopic (exact) mass is 303 g/mol. The summed E-state index contributed by atoms with van der Waals surface area (Å²) < 4.78 is 16.4. The van der Waals surface area contributed by atoms with E-state index in [2.05, 4.69) is 15.9 Å². The molecule has 0 fully saturated rings. The van der Waals surface area contributed by atoms with E-state index in [0.717, 1.165) is 4.47 Å². The van der Waals surface area contributed by atoms with Gasteiger partial charge in [-0.15, -0.1) is 0 Å². The van der Waals surface area contributed by atoms with Crippen LogP contribution in [0.4, 0.5) is 0 Å². The molecule has 0 saturated carbocycles. The molecule has 17 heavy (non-hydrogen) atoms. The van der Waals surface area contributed by atoms with E-state index in [1.165, 1.54) is 21.1 Å². The molecule has 0 bridgehead atoms. The largest absolute Gasteiger partial charge is 0.493 e. The third-order valence-corrected chi connectivity index (χ3v) is 2.76. The van der Waals surface area contributed by atoms with Gasteiger partial charge in [-0.05, 0) is 18.2 Å². The average Bonchev–Trinajstić information content (AvgIpc) is 2.30. The maximum absolute atomic E-state index is 11.2. The number of hydrogen-bond acceptors (Lipinski definition) is 4. The van der Waals surface area contributed by atoms with Crippen molar-refractivity contribution in [1.29, 1.82) is 0 Å². The molecule has 2 N–H and O–H groups in total. The van der Waals surface area contributed by atoms with E-state index in [9.17, 15) is 4.79 Å². The third-order valence-electron chi connectivity index (χ3n) is 2.27. The summed E-state index contributed by atoms with van der Waals surface area (Å²) in [5, 5.41) is 0. The number of primary amides is 1. The van der Waals surface area contributed by atoms with Crippen LogP contribution >= 0.6 is 15.9 Å².